The number of methoxy groups -OCH3 is 1. The van der Waals surface area contributed by atoms with Gasteiger partial charge in [-0.3, -0.25) is 0 Å². The fraction of sp³-hybridized carbons (Fsp3) is 0.357. The highest BCUT2D eigenvalue weighted by molar-refractivity contribution is 5.86. The van der Waals surface area contributed by atoms with E-state index in [4.69, 9.17) is 4.74 Å². The number of anilines is 1. The van der Waals surface area contributed by atoms with Crippen LogP contribution >= 0.6 is 0 Å². The lowest BCUT2D eigenvalue weighted by atomic mass is 10.1. The van der Waals surface area contributed by atoms with E-state index in [0.717, 1.165) is 31.9 Å². The molecule has 2 rings (SSSR count). The summed E-state index contributed by atoms with van der Waals surface area (Å²) >= 11 is 0. The van der Waals surface area contributed by atoms with Crippen molar-refractivity contribution in [2.75, 3.05) is 38.3 Å². The number of benzene rings is 1. The summed E-state index contributed by atoms with van der Waals surface area (Å²) in [6.45, 7) is 3.42. The Hall–Kier alpha value is -1.81. The van der Waals surface area contributed by atoms with E-state index in [1.54, 1.807) is 6.08 Å². The first-order valence-corrected chi connectivity index (χ1v) is 5.98. The third-order valence-corrected chi connectivity index (χ3v) is 2.88. The first kappa shape index (κ1) is 12.6. The molecule has 4 nitrogen and oxygen atoms in total. The zero-order chi connectivity index (χ0) is 12.8. The van der Waals surface area contributed by atoms with Crippen molar-refractivity contribution in [2.24, 2.45) is 0 Å². The maximum Gasteiger partial charge on any atom is 0.330 e. The van der Waals surface area contributed by atoms with Crippen molar-refractivity contribution in [3.05, 3.63) is 35.9 Å². The summed E-state index contributed by atoms with van der Waals surface area (Å²) in [5.41, 5.74) is 2.17. The smallest absolute Gasteiger partial charge is 0.330 e. The first-order chi connectivity index (χ1) is 8.79. The van der Waals surface area contributed by atoms with Gasteiger partial charge in [-0.1, -0.05) is 12.1 Å². The number of carbonyl (C=O) groups excluding carboxylic acids is 1. The van der Waals surface area contributed by atoms with Crippen LogP contribution in [0.5, 0.6) is 0 Å². The summed E-state index contributed by atoms with van der Waals surface area (Å²) in [7, 11) is 1.37. The van der Waals surface area contributed by atoms with Gasteiger partial charge >= 0.3 is 5.97 Å². The van der Waals surface area contributed by atoms with Crippen molar-refractivity contribution in [1.29, 1.82) is 0 Å². The Morgan fingerprint density at radius 3 is 2.56 bits per heavy atom. The van der Waals surface area contributed by atoms with E-state index in [1.807, 2.05) is 12.1 Å². The van der Waals surface area contributed by atoms with Crippen LogP contribution < -0.4 is 4.90 Å². The van der Waals surface area contributed by atoms with E-state index in [2.05, 4.69) is 21.8 Å². The lowest BCUT2D eigenvalue weighted by molar-refractivity contribution is -0.134. The number of nitrogens with zero attached hydrogens (tertiary/aromatic N) is 1. The van der Waals surface area contributed by atoms with Crippen LogP contribution in [0.3, 0.4) is 0 Å². The molecule has 4 heteroatoms. The fourth-order valence-corrected chi connectivity index (χ4v) is 1.85. The largest absolute Gasteiger partial charge is 0.466 e. The van der Waals surface area contributed by atoms with Crippen LogP contribution in [0.15, 0.2) is 30.3 Å². The molecule has 1 aliphatic rings. The molecule has 18 heavy (non-hydrogen) atoms. The number of ether oxygens (including phenoxy) is 2. The highest BCUT2D eigenvalue weighted by Crippen LogP contribution is 2.17. The van der Waals surface area contributed by atoms with Gasteiger partial charge in [0.15, 0.2) is 0 Å². The third kappa shape index (κ3) is 3.34. The molecule has 1 aromatic carbocycles. The second-order valence-corrected chi connectivity index (χ2v) is 4.05. The Balaban J connectivity index is 2.00. The van der Waals surface area contributed by atoms with Gasteiger partial charge in [0.2, 0.25) is 0 Å². The van der Waals surface area contributed by atoms with Crippen LogP contribution in [-0.2, 0) is 14.3 Å². The van der Waals surface area contributed by atoms with Crippen LogP contribution in [0, 0.1) is 0 Å². The van der Waals surface area contributed by atoms with Crippen LogP contribution in [0.2, 0.25) is 0 Å². The molecule has 96 valence electrons. The Morgan fingerprint density at radius 2 is 1.94 bits per heavy atom. The van der Waals surface area contributed by atoms with E-state index in [0.29, 0.717) is 0 Å². The lowest BCUT2D eigenvalue weighted by Gasteiger charge is -2.28. The molecular weight excluding hydrogens is 230 g/mol. The van der Waals surface area contributed by atoms with Gasteiger partial charge < -0.3 is 14.4 Å². The molecular formula is C14H17NO3. The molecule has 0 aliphatic carbocycles. The number of hydrogen-bond donors (Lipinski definition) is 0. The summed E-state index contributed by atoms with van der Waals surface area (Å²) in [5.74, 6) is -0.341. The van der Waals surface area contributed by atoms with Crippen molar-refractivity contribution in [2.45, 2.75) is 0 Å². The summed E-state index contributed by atoms with van der Waals surface area (Å²) < 4.78 is 9.86. The zero-order valence-electron chi connectivity index (χ0n) is 10.5. The molecule has 0 radical (unpaired) electrons. The van der Waals surface area contributed by atoms with Crippen molar-refractivity contribution in [3.63, 3.8) is 0 Å². The summed E-state index contributed by atoms with van der Waals surface area (Å²) in [4.78, 5) is 13.3. The molecule has 1 heterocycles. The van der Waals surface area contributed by atoms with Gasteiger partial charge in [-0.25, -0.2) is 4.79 Å². The van der Waals surface area contributed by atoms with Crippen LogP contribution in [-0.4, -0.2) is 39.4 Å². The van der Waals surface area contributed by atoms with Crippen molar-refractivity contribution >= 4 is 17.7 Å². The molecule has 0 unspecified atom stereocenters. The maximum absolute atomic E-state index is 11.0. The van der Waals surface area contributed by atoms with E-state index >= 15 is 0 Å². The average Bonchev–Trinajstić information content (AvgIpc) is 2.46. The lowest BCUT2D eigenvalue weighted by Crippen LogP contribution is -2.36. The number of carbonyl (C=O) groups is 1. The summed E-state index contributed by atoms with van der Waals surface area (Å²) in [6.07, 6.45) is 3.17. The quantitative estimate of drug-likeness (QED) is 0.602. The predicted molar refractivity (Wildman–Crippen MR) is 70.5 cm³/mol. The molecule has 0 amide bonds. The van der Waals surface area contributed by atoms with Crippen LogP contribution in [0.4, 0.5) is 5.69 Å². The standard InChI is InChI=1S/C14H17NO3/c1-17-14(16)7-4-12-2-5-13(6-3-12)15-8-10-18-11-9-15/h2-7H,8-11H2,1H3/b7-4-. The highest BCUT2D eigenvalue weighted by atomic mass is 16.5. The number of esters is 1. The molecule has 0 saturated carbocycles. The van der Waals surface area contributed by atoms with Gasteiger partial charge in [0.05, 0.1) is 20.3 Å². The third-order valence-electron chi connectivity index (χ3n) is 2.88. The number of hydrogen-bond acceptors (Lipinski definition) is 4. The molecule has 1 aliphatic heterocycles. The van der Waals surface area contributed by atoms with Crippen LogP contribution in [0.25, 0.3) is 6.08 Å². The Kier molecular flexibility index (Phi) is 4.36. The van der Waals surface area contributed by atoms with E-state index in [1.165, 1.54) is 18.9 Å². The molecule has 1 saturated heterocycles. The maximum atomic E-state index is 11.0. The zero-order valence-corrected chi connectivity index (χ0v) is 10.5. The van der Waals surface area contributed by atoms with Gasteiger partial charge in [0.1, 0.15) is 0 Å². The molecule has 0 spiro atoms. The normalized spacial score (nSPS) is 15.9. The van der Waals surface area contributed by atoms with Gasteiger partial charge in [0.25, 0.3) is 0 Å². The van der Waals surface area contributed by atoms with Crippen molar-refractivity contribution < 1.29 is 14.3 Å². The SMILES string of the molecule is COC(=O)/C=C\c1ccc(N2CCOCC2)cc1. The van der Waals surface area contributed by atoms with Gasteiger partial charge in [-0.15, -0.1) is 0 Å². The first-order valence-electron chi connectivity index (χ1n) is 5.98. The minimum absolute atomic E-state index is 0.341. The van der Waals surface area contributed by atoms with Crippen molar-refractivity contribution in [1.82, 2.24) is 0 Å². The van der Waals surface area contributed by atoms with E-state index < -0.39 is 0 Å². The highest BCUT2D eigenvalue weighted by Gasteiger charge is 2.10. The van der Waals surface area contributed by atoms with Crippen molar-refractivity contribution in [3.8, 4) is 0 Å². The Bertz CT molecular complexity index is 419. The molecule has 1 fully saturated rings. The van der Waals surface area contributed by atoms with E-state index in [-0.39, 0.29) is 5.97 Å². The second-order valence-electron chi connectivity index (χ2n) is 4.05. The molecule has 0 aromatic heterocycles. The number of rotatable bonds is 3. The topological polar surface area (TPSA) is 38.8 Å². The average molecular weight is 247 g/mol. The number of morpholine rings is 1. The molecule has 0 bridgehead atoms. The fourth-order valence-electron chi connectivity index (χ4n) is 1.85. The van der Waals surface area contributed by atoms with Crippen LogP contribution in [0.1, 0.15) is 5.56 Å². The molecule has 0 N–H and O–H groups in total. The monoisotopic (exact) mass is 247 g/mol. The van der Waals surface area contributed by atoms with Gasteiger partial charge in [0, 0.05) is 24.9 Å². The molecule has 1 aromatic rings. The summed E-state index contributed by atoms with van der Waals surface area (Å²) in [6, 6.07) is 8.10. The molecule has 0 atom stereocenters. The van der Waals surface area contributed by atoms with E-state index in [9.17, 15) is 4.79 Å². The second kappa shape index (κ2) is 6.21. The predicted octanol–water partition coefficient (Wildman–Crippen LogP) is 1.71. The Morgan fingerprint density at radius 1 is 1.28 bits per heavy atom. The minimum Gasteiger partial charge on any atom is -0.466 e. The summed E-state index contributed by atoms with van der Waals surface area (Å²) in [5, 5.41) is 0. The Labute approximate surface area is 107 Å². The minimum atomic E-state index is -0.341. The van der Waals surface area contributed by atoms with Gasteiger partial charge in [-0.2, -0.15) is 0 Å². The van der Waals surface area contributed by atoms with Gasteiger partial charge in [-0.05, 0) is 23.8 Å².